The van der Waals surface area contributed by atoms with Crippen molar-refractivity contribution in [1.29, 1.82) is 0 Å². The molecule has 0 bridgehead atoms. The number of carbonyl (C=O) groups is 1. The van der Waals surface area contributed by atoms with Crippen molar-refractivity contribution in [1.82, 2.24) is 29.2 Å². The molecular weight excluding hydrogens is 500 g/mol. The maximum atomic E-state index is 13.3. The first kappa shape index (κ1) is 22.7. The van der Waals surface area contributed by atoms with Gasteiger partial charge in [0.05, 0.1) is 11.9 Å². The van der Waals surface area contributed by atoms with E-state index < -0.39 is 27.0 Å². The Kier molecular flexibility index (Phi) is 5.13. The van der Waals surface area contributed by atoms with E-state index in [1.54, 1.807) is 10.5 Å². The normalized spacial score (nSPS) is 21.8. The molecule has 3 aromatic rings. The van der Waals surface area contributed by atoms with Crippen LogP contribution in [0.3, 0.4) is 0 Å². The highest BCUT2D eigenvalue weighted by Crippen LogP contribution is 2.38. The van der Waals surface area contributed by atoms with E-state index in [0.717, 1.165) is 30.6 Å². The first-order valence-corrected chi connectivity index (χ1v) is 13.6. The molecule has 10 nitrogen and oxygen atoms in total. The van der Waals surface area contributed by atoms with E-state index >= 15 is 0 Å². The molecule has 1 aliphatic carbocycles. The summed E-state index contributed by atoms with van der Waals surface area (Å²) in [4.78, 5) is 20.6. The summed E-state index contributed by atoms with van der Waals surface area (Å²) >= 11 is 0.745. The molecule has 1 atom stereocenters. The third-order valence-electron chi connectivity index (χ3n) is 6.93. The van der Waals surface area contributed by atoms with E-state index in [1.807, 2.05) is 11.8 Å². The van der Waals surface area contributed by atoms with Crippen molar-refractivity contribution in [3.63, 3.8) is 0 Å². The molecule has 5 heterocycles. The molecule has 0 radical (unpaired) electrons. The number of hydrogen-bond acceptors (Lipinski definition) is 8. The fraction of sp³-hybridized carbons (Fsp3) is 0.524. The van der Waals surface area contributed by atoms with Crippen molar-refractivity contribution in [2.45, 2.75) is 55.5 Å². The summed E-state index contributed by atoms with van der Waals surface area (Å²) in [7, 11) is -3.86. The predicted molar refractivity (Wildman–Crippen MR) is 124 cm³/mol. The number of halogens is 2. The number of aromatic nitrogens is 4. The summed E-state index contributed by atoms with van der Waals surface area (Å²) in [6.07, 6.45) is 2.99. The van der Waals surface area contributed by atoms with Crippen LogP contribution in [0.1, 0.15) is 44.0 Å². The van der Waals surface area contributed by atoms with E-state index in [2.05, 4.69) is 24.8 Å². The molecule has 14 heteroatoms. The van der Waals surface area contributed by atoms with Crippen LogP contribution < -0.4 is 9.62 Å². The Morgan fingerprint density at radius 1 is 1.26 bits per heavy atom. The van der Waals surface area contributed by atoms with E-state index in [0.29, 0.717) is 43.1 Å². The fourth-order valence-electron chi connectivity index (χ4n) is 4.77. The average molecular weight is 524 g/mol. The van der Waals surface area contributed by atoms with Crippen LogP contribution in [0, 0.1) is 0 Å². The quantitative estimate of drug-likeness (QED) is 0.528. The molecule has 1 saturated carbocycles. The number of carbonyl (C=O) groups excluding carboxylic acids is 1. The van der Waals surface area contributed by atoms with Crippen LogP contribution in [0.25, 0.3) is 16.3 Å². The second-order valence-electron chi connectivity index (χ2n) is 9.54. The van der Waals surface area contributed by atoms with E-state index in [4.69, 9.17) is 0 Å². The van der Waals surface area contributed by atoms with Crippen LogP contribution in [0.2, 0.25) is 0 Å². The van der Waals surface area contributed by atoms with Crippen LogP contribution in [0.15, 0.2) is 23.4 Å². The van der Waals surface area contributed by atoms with Crippen molar-refractivity contribution in [3.8, 4) is 10.7 Å². The molecule has 3 aromatic heterocycles. The molecular formula is C21H23F2N7O3S2. The van der Waals surface area contributed by atoms with Crippen LogP contribution in [-0.4, -0.2) is 70.0 Å². The minimum Gasteiger partial charge on any atom is -0.365 e. The van der Waals surface area contributed by atoms with Crippen LogP contribution in [0.4, 0.5) is 14.5 Å². The number of nitrogens with zero attached hydrogens (tertiary/aromatic N) is 6. The first-order chi connectivity index (χ1) is 16.6. The zero-order chi connectivity index (χ0) is 24.5. The van der Waals surface area contributed by atoms with Gasteiger partial charge in [0.25, 0.3) is 6.43 Å². The summed E-state index contributed by atoms with van der Waals surface area (Å²) in [6, 6.07) is 1.67. The lowest BCUT2D eigenvalue weighted by Crippen LogP contribution is -2.51. The number of alkyl halides is 2. The molecule has 0 aromatic carbocycles. The molecule has 35 heavy (non-hydrogen) atoms. The highest BCUT2D eigenvalue weighted by Gasteiger charge is 2.42. The number of nitrogens with one attached hydrogen (secondary N) is 1. The third-order valence-corrected chi connectivity index (χ3v) is 9.49. The van der Waals surface area contributed by atoms with Gasteiger partial charge in [0.15, 0.2) is 15.7 Å². The summed E-state index contributed by atoms with van der Waals surface area (Å²) < 4.78 is 57.2. The number of amides is 1. The van der Waals surface area contributed by atoms with Gasteiger partial charge in [-0.1, -0.05) is 11.3 Å². The summed E-state index contributed by atoms with van der Waals surface area (Å²) in [5.74, 6) is 0.146. The van der Waals surface area contributed by atoms with Crippen molar-refractivity contribution < 1.29 is 22.0 Å². The molecule has 1 amide bonds. The Morgan fingerprint density at radius 3 is 2.77 bits per heavy atom. The maximum Gasteiger partial charge on any atom is 0.291 e. The number of sulfonamides is 1. The summed E-state index contributed by atoms with van der Waals surface area (Å²) in [5, 5.41) is 7.26. The van der Waals surface area contributed by atoms with Gasteiger partial charge in [-0.2, -0.15) is 0 Å². The third kappa shape index (κ3) is 3.96. The van der Waals surface area contributed by atoms with Gasteiger partial charge in [-0.15, -0.1) is 10.2 Å². The number of pyridine rings is 1. The van der Waals surface area contributed by atoms with Gasteiger partial charge < -0.3 is 9.80 Å². The number of anilines is 1. The van der Waals surface area contributed by atoms with Gasteiger partial charge in [0, 0.05) is 43.8 Å². The van der Waals surface area contributed by atoms with Gasteiger partial charge >= 0.3 is 0 Å². The predicted octanol–water partition coefficient (Wildman–Crippen LogP) is 2.43. The molecule has 0 spiro atoms. The largest absolute Gasteiger partial charge is 0.365 e. The summed E-state index contributed by atoms with van der Waals surface area (Å²) in [5.41, 5.74) is 1.02. The fourth-order valence-corrected chi connectivity index (χ4v) is 6.95. The maximum absolute atomic E-state index is 13.3. The highest BCUT2D eigenvalue weighted by atomic mass is 32.2. The smallest absolute Gasteiger partial charge is 0.291 e. The topological polar surface area (TPSA) is 113 Å². The molecule has 6 rings (SSSR count). The second kappa shape index (κ2) is 7.90. The van der Waals surface area contributed by atoms with Gasteiger partial charge in [-0.25, -0.2) is 26.9 Å². The molecule has 2 aliphatic heterocycles. The van der Waals surface area contributed by atoms with Crippen molar-refractivity contribution in [2.24, 2.45) is 0 Å². The number of piperazine rings is 1. The monoisotopic (exact) mass is 523 g/mol. The molecule has 2 saturated heterocycles. The Bertz CT molecular complexity index is 1430. The molecule has 3 fully saturated rings. The first-order valence-electron chi connectivity index (χ1n) is 11.3. The SMILES string of the molecule is CC1(NS(=O)(=O)c2cc(N3CCN4C(=O)CC[C@@H]4C3)c3ncc(-c4nnc(C(F)F)s4)n3c2)CC1. The standard InChI is InChI=1S/C21H23F2N7O3S2/c1-21(4-5-21)27-35(32,33)13-8-14(28-6-7-29-12(10-28)2-3-16(29)31)18-24-9-15(30(18)11-13)19-25-26-20(34-19)17(22)23/h8-9,11-12,17,27H,2-7,10H2,1H3/t12-/m1/s1. The van der Waals surface area contributed by atoms with E-state index in [-0.39, 0.29) is 21.9 Å². The van der Waals surface area contributed by atoms with Crippen molar-refractivity contribution in [2.75, 3.05) is 24.5 Å². The van der Waals surface area contributed by atoms with Crippen LogP contribution in [0.5, 0.6) is 0 Å². The van der Waals surface area contributed by atoms with Crippen molar-refractivity contribution in [3.05, 3.63) is 23.5 Å². The Balaban J connectivity index is 1.47. The number of rotatable bonds is 6. The zero-order valence-corrected chi connectivity index (χ0v) is 20.4. The Labute approximate surface area is 204 Å². The van der Waals surface area contributed by atoms with Crippen LogP contribution in [-0.2, 0) is 14.8 Å². The zero-order valence-electron chi connectivity index (χ0n) is 18.8. The molecule has 3 aliphatic rings. The van der Waals surface area contributed by atoms with Crippen molar-refractivity contribution >= 4 is 38.6 Å². The highest BCUT2D eigenvalue weighted by molar-refractivity contribution is 7.89. The lowest BCUT2D eigenvalue weighted by Gasteiger charge is -2.39. The Hall–Kier alpha value is -2.71. The summed E-state index contributed by atoms with van der Waals surface area (Å²) in [6.45, 7) is 3.50. The van der Waals surface area contributed by atoms with Gasteiger partial charge in [-0.05, 0) is 32.3 Å². The van der Waals surface area contributed by atoms with Gasteiger partial charge in [0.1, 0.15) is 10.6 Å². The minimum atomic E-state index is -3.86. The Morgan fingerprint density at radius 2 is 2.06 bits per heavy atom. The molecule has 186 valence electrons. The number of imidazole rings is 1. The molecule has 0 unspecified atom stereocenters. The molecule has 1 N–H and O–H groups in total. The minimum absolute atomic E-state index is 0.0518. The van der Waals surface area contributed by atoms with Gasteiger partial charge in [-0.3, -0.25) is 9.20 Å². The number of hydrogen-bond donors (Lipinski definition) is 1. The van der Waals surface area contributed by atoms with Gasteiger partial charge in [0.2, 0.25) is 15.9 Å². The van der Waals surface area contributed by atoms with Crippen LogP contribution >= 0.6 is 11.3 Å². The van der Waals surface area contributed by atoms with E-state index in [9.17, 15) is 22.0 Å². The lowest BCUT2D eigenvalue weighted by molar-refractivity contribution is -0.129. The lowest BCUT2D eigenvalue weighted by atomic mass is 10.1. The average Bonchev–Trinajstić information content (AvgIpc) is 3.22. The van der Waals surface area contributed by atoms with E-state index in [1.165, 1.54) is 12.4 Å². The second-order valence-corrected chi connectivity index (χ2v) is 12.2. The number of fused-ring (bicyclic) bond motifs is 2.